The van der Waals surface area contributed by atoms with Crippen LogP contribution in [-0.2, 0) is 0 Å². The number of rotatable bonds is 2. The van der Waals surface area contributed by atoms with Gasteiger partial charge in [0.15, 0.2) is 0 Å². The van der Waals surface area contributed by atoms with Gasteiger partial charge in [-0.2, -0.15) is 0 Å². The zero-order chi connectivity index (χ0) is 11.5. The third-order valence-corrected chi connectivity index (χ3v) is 2.44. The van der Waals surface area contributed by atoms with Gasteiger partial charge in [0.05, 0.1) is 6.04 Å². The van der Waals surface area contributed by atoms with E-state index in [9.17, 15) is 8.78 Å². The minimum absolute atomic E-state index is 0.310. The Labute approximate surface area is 92.5 Å². The molecule has 0 unspecified atom stereocenters. The van der Waals surface area contributed by atoms with Crippen LogP contribution in [0.1, 0.15) is 17.2 Å². The molecule has 0 saturated carbocycles. The van der Waals surface area contributed by atoms with Crippen LogP contribution in [0.25, 0.3) is 0 Å². The average Bonchev–Trinajstić information content (AvgIpc) is 2.29. The Morgan fingerprint density at radius 2 is 1.50 bits per heavy atom. The van der Waals surface area contributed by atoms with Crippen LogP contribution in [0.3, 0.4) is 0 Å². The van der Waals surface area contributed by atoms with Crippen molar-refractivity contribution in [1.29, 1.82) is 0 Å². The van der Waals surface area contributed by atoms with Crippen LogP contribution in [0.15, 0.2) is 48.5 Å². The van der Waals surface area contributed by atoms with Crippen LogP contribution in [-0.4, -0.2) is 0 Å². The zero-order valence-electron chi connectivity index (χ0n) is 8.53. The molecule has 3 heteroatoms. The molecule has 2 N–H and O–H groups in total. The summed E-state index contributed by atoms with van der Waals surface area (Å²) in [4.78, 5) is 0. The van der Waals surface area contributed by atoms with Crippen LogP contribution in [0, 0.1) is 11.6 Å². The molecule has 0 aromatic heterocycles. The van der Waals surface area contributed by atoms with Gasteiger partial charge in [-0.25, -0.2) is 8.78 Å². The second-order valence-corrected chi connectivity index (χ2v) is 3.58. The molecule has 0 saturated heterocycles. The lowest BCUT2D eigenvalue weighted by Gasteiger charge is -2.12. The van der Waals surface area contributed by atoms with Gasteiger partial charge in [-0.1, -0.05) is 24.3 Å². The SMILES string of the molecule is N[C@@H](c1ccc(F)cc1)c1cccc(F)c1. The molecule has 2 rings (SSSR count). The van der Waals surface area contributed by atoms with Crippen LogP contribution >= 0.6 is 0 Å². The number of halogens is 2. The lowest BCUT2D eigenvalue weighted by Crippen LogP contribution is -2.11. The Morgan fingerprint density at radius 1 is 0.812 bits per heavy atom. The molecule has 0 aliphatic rings. The first-order valence-electron chi connectivity index (χ1n) is 4.93. The molecule has 0 heterocycles. The van der Waals surface area contributed by atoms with Gasteiger partial charge in [0.25, 0.3) is 0 Å². The smallest absolute Gasteiger partial charge is 0.123 e. The second-order valence-electron chi connectivity index (χ2n) is 3.58. The quantitative estimate of drug-likeness (QED) is 0.825. The molecule has 0 radical (unpaired) electrons. The second kappa shape index (κ2) is 4.41. The normalized spacial score (nSPS) is 12.4. The Balaban J connectivity index is 2.31. The number of benzene rings is 2. The van der Waals surface area contributed by atoms with E-state index < -0.39 is 6.04 Å². The highest BCUT2D eigenvalue weighted by molar-refractivity contribution is 5.31. The van der Waals surface area contributed by atoms with Crippen molar-refractivity contribution in [2.24, 2.45) is 5.73 Å². The highest BCUT2D eigenvalue weighted by Gasteiger charge is 2.09. The summed E-state index contributed by atoms with van der Waals surface area (Å²) in [6.07, 6.45) is 0. The molecule has 82 valence electrons. The molecule has 0 spiro atoms. The summed E-state index contributed by atoms with van der Waals surface area (Å²) in [7, 11) is 0. The molecular weight excluding hydrogens is 208 g/mol. The van der Waals surface area contributed by atoms with Crippen LogP contribution in [0.2, 0.25) is 0 Å². The van der Waals surface area contributed by atoms with Crippen molar-refractivity contribution >= 4 is 0 Å². The number of hydrogen-bond donors (Lipinski definition) is 1. The van der Waals surface area contributed by atoms with Gasteiger partial charge in [0.2, 0.25) is 0 Å². The third-order valence-electron chi connectivity index (χ3n) is 2.44. The average molecular weight is 219 g/mol. The molecule has 0 fully saturated rings. The Morgan fingerprint density at radius 3 is 2.12 bits per heavy atom. The van der Waals surface area contributed by atoms with Crippen molar-refractivity contribution in [3.8, 4) is 0 Å². The van der Waals surface area contributed by atoms with Crippen LogP contribution < -0.4 is 5.73 Å². The minimum Gasteiger partial charge on any atom is -0.320 e. The van der Waals surface area contributed by atoms with Gasteiger partial charge >= 0.3 is 0 Å². The first-order chi connectivity index (χ1) is 7.66. The molecule has 2 aromatic carbocycles. The van der Waals surface area contributed by atoms with Gasteiger partial charge < -0.3 is 5.73 Å². The first-order valence-corrected chi connectivity index (χ1v) is 4.93. The Hall–Kier alpha value is -1.74. The summed E-state index contributed by atoms with van der Waals surface area (Å²) in [5.41, 5.74) is 7.38. The fourth-order valence-corrected chi connectivity index (χ4v) is 1.56. The van der Waals surface area contributed by atoms with Crippen LogP contribution in [0.5, 0.6) is 0 Å². The monoisotopic (exact) mass is 219 g/mol. The van der Waals surface area contributed by atoms with Crippen molar-refractivity contribution < 1.29 is 8.78 Å². The van der Waals surface area contributed by atoms with Crippen molar-refractivity contribution in [3.63, 3.8) is 0 Å². The van der Waals surface area contributed by atoms with Crippen molar-refractivity contribution in [1.82, 2.24) is 0 Å². The lowest BCUT2D eigenvalue weighted by molar-refractivity contribution is 0.621. The summed E-state index contributed by atoms with van der Waals surface area (Å²) in [5, 5.41) is 0. The largest absolute Gasteiger partial charge is 0.320 e. The summed E-state index contributed by atoms with van der Waals surface area (Å²) >= 11 is 0. The van der Waals surface area contributed by atoms with Crippen molar-refractivity contribution in [2.75, 3.05) is 0 Å². The number of nitrogens with two attached hydrogens (primary N) is 1. The number of hydrogen-bond acceptors (Lipinski definition) is 1. The van der Waals surface area contributed by atoms with E-state index in [2.05, 4.69) is 0 Å². The summed E-state index contributed by atoms with van der Waals surface area (Å²) in [6, 6.07) is 11.6. The van der Waals surface area contributed by atoms with Crippen molar-refractivity contribution in [3.05, 3.63) is 71.3 Å². The highest BCUT2D eigenvalue weighted by Crippen LogP contribution is 2.20. The van der Waals surface area contributed by atoms with E-state index >= 15 is 0 Å². The van der Waals surface area contributed by atoms with E-state index in [-0.39, 0.29) is 11.6 Å². The molecule has 0 amide bonds. The molecule has 0 aliphatic carbocycles. The van der Waals surface area contributed by atoms with Gasteiger partial charge in [0.1, 0.15) is 11.6 Å². The van der Waals surface area contributed by atoms with Gasteiger partial charge in [-0.3, -0.25) is 0 Å². The Bertz CT molecular complexity index is 480. The van der Waals surface area contributed by atoms with E-state index in [4.69, 9.17) is 5.73 Å². The maximum atomic E-state index is 13.0. The maximum absolute atomic E-state index is 13.0. The molecule has 0 aliphatic heterocycles. The highest BCUT2D eigenvalue weighted by atomic mass is 19.1. The maximum Gasteiger partial charge on any atom is 0.123 e. The summed E-state index contributed by atoms with van der Waals surface area (Å²) in [5.74, 6) is -0.634. The lowest BCUT2D eigenvalue weighted by atomic mass is 10.00. The Kier molecular flexibility index (Phi) is 2.97. The van der Waals surface area contributed by atoms with Gasteiger partial charge in [0, 0.05) is 0 Å². The predicted octanol–water partition coefficient (Wildman–Crippen LogP) is 3.01. The first kappa shape index (κ1) is 10.8. The van der Waals surface area contributed by atoms with Gasteiger partial charge in [-0.15, -0.1) is 0 Å². The zero-order valence-corrected chi connectivity index (χ0v) is 8.53. The summed E-state index contributed by atoms with van der Waals surface area (Å²) in [6.45, 7) is 0. The molecule has 2 aromatic rings. The van der Waals surface area contributed by atoms with E-state index in [1.807, 2.05) is 0 Å². The fourth-order valence-electron chi connectivity index (χ4n) is 1.56. The van der Waals surface area contributed by atoms with E-state index in [0.29, 0.717) is 5.56 Å². The predicted molar refractivity (Wildman–Crippen MR) is 58.8 cm³/mol. The van der Waals surface area contributed by atoms with Crippen molar-refractivity contribution in [2.45, 2.75) is 6.04 Å². The molecular formula is C13H11F2N. The fraction of sp³-hybridized carbons (Fsp3) is 0.0769. The minimum atomic E-state index is -0.434. The standard InChI is InChI=1S/C13H11F2N/c14-11-6-4-9(5-7-11)13(16)10-2-1-3-12(15)8-10/h1-8,13H,16H2/t13-/m0/s1. The third kappa shape index (κ3) is 2.25. The molecule has 1 atom stereocenters. The molecule has 0 bridgehead atoms. The molecule has 16 heavy (non-hydrogen) atoms. The summed E-state index contributed by atoms with van der Waals surface area (Å²) < 4.78 is 25.7. The van der Waals surface area contributed by atoms with E-state index in [1.54, 1.807) is 24.3 Å². The van der Waals surface area contributed by atoms with Gasteiger partial charge in [-0.05, 0) is 35.4 Å². The van der Waals surface area contributed by atoms with E-state index in [0.717, 1.165) is 5.56 Å². The molecule has 1 nitrogen and oxygen atoms in total. The van der Waals surface area contributed by atoms with E-state index in [1.165, 1.54) is 24.3 Å². The topological polar surface area (TPSA) is 26.0 Å². The van der Waals surface area contributed by atoms with Crippen LogP contribution in [0.4, 0.5) is 8.78 Å².